The van der Waals surface area contributed by atoms with Crippen LogP contribution in [-0.2, 0) is 17.9 Å². The van der Waals surface area contributed by atoms with Crippen LogP contribution in [0, 0.1) is 0 Å². The molecule has 0 amide bonds. The highest BCUT2D eigenvalue weighted by atomic mass is 35.5. The van der Waals surface area contributed by atoms with Crippen LogP contribution in [0.5, 0.6) is 0 Å². The minimum absolute atomic E-state index is 0. The van der Waals surface area contributed by atoms with E-state index in [0.717, 1.165) is 39.4 Å². The molecule has 1 aliphatic rings. The van der Waals surface area contributed by atoms with Crippen LogP contribution in [0.2, 0.25) is 0 Å². The first kappa shape index (κ1) is 20.0. The van der Waals surface area contributed by atoms with E-state index >= 15 is 0 Å². The Morgan fingerprint density at radius 3 is 2.19 bits per heavy atom. The van der Waals surface area contributed by atoms with E-state index in [2.05, 4.69) is 67.5 Å². The zero-order valence-corrected chi connectivity index (χ0v) is 17.1. The highest BCUT2D eigenvalue weighted by Crippen LogP contribution is 2.47. The van der Waals surface area contributed by atoms with E-state index in [0.29, 0.717) is 0 Å². The van der Waals surface area contributed by atoms with Crippen molar-refractivity contribution in [1.82, 2.24) is 4.90 Å². The molecule has 1 atom stereocenters. The Hall–Kier alpha value is -1.78. The lowest BCUT2D eigenvalue weighted by molar-refractivity contribution is -0.00000802. The van der Waals surface area contributed by atoms with Gasteiger partial charge < -0.3 is 22.4 Å². The second-order valence-electron chi connectivity index (χ2n) is 7.05. The van der Waals surface area contributed by atoms with Gasteiger partial charge in [-0.05, 0) is 42.4 Å². The normalized spacial score (nSPS) is 18.2. The van der Waals surface area contributed by atoms with Crippen LogP contribution in [0.15, 0.2) is 77.7 Å². The number of aliphatic hydroxyl groups is 1. The van der Waals surface area contributed by atoms with Crippen molar-refractivity contribution in [3.8, 4) is 0 Å². The molecule has 0 radical (unpaired) electrons. The maximum absolute atomic E-state index is 12.3. The summed E-state index contributed by atoms with van der Waals surface area (Å²) in [5.41, 5.74) is 4.12. The molecule has 2 nitrogen and oxygen atoms in total. The van der Waals surface area contributed by atoms with E-state index in [-0.39, 0.29) is 12.4 Å². The number of fused-ring (bicyclic) bond motifs is 2. The predicted molar refractivity (Wildman–Crippen MR) is 108 cm³/mol. The van der Waals surface area contributed by atoms with Gasteiger partial charge in [-0.15, -0.1) is 11.8 Å². The van der Waals surface area contributed by atoms with Crippen molar-refractivity contribution >= 4 is 11.8 Å². The minimum atomic E-state index is -1.15. The largest absolute Gasteiger partial charge is 1.00 e. The van der Waals surface area contributed by atoms with Gasteiger partial charge in [0.05, 0.1) is 0 Å². The molecule has 0 saturated carbocycles. The third kappa shape index (κ3) is 3.53. The van der Waals surface area contributed by atoms with Gasteiger partial charge in [0.25, 0.3) is 0 Å². The Labute approximate surface area is 171 Å². The summed E-state index contributed by atoms with van der Waals surface area (Å²) in [6, 6.07) is 24.8. The summed E-state index contributed by atoms with van der Waals surface area (Å²) in [6.45, 7) is 0.788. The molecule has 0 saturated heterocycles. The highest BCUT2D eigenvalue weighted by Gasteiger charge is 2.40. The van der Waals surface area contributed by atoms with Gasteiger partial charge in [0.2, 0.25) is 0 Å². The van der Waals surface area contributed by atoms with Crippen molar-refractivity contribution in [1.29, 1.82) is 0 Å². The van der Waals surface area contributed by atoms with Gasteiger partial charge in [-0.1, -0.05) is 66.7 Å². The Bertz CT molecular complexity index is 893. The number of halogens is 1. The average molecular weight is 397 g/mol. The number of benzene rings is 3. The summed E-state index contributed by atoms with van der Waals surface area (Å²) in [5.74, 6) is 0.866. The lowest BCUT2D eigenvalue weighted by atomic mass is 9.77. The first-order chi connectivity index (χ1) is 12.6. The molecule has 3 aromatic rings. The fraction of sp³-hybridized carbons (Fsp3) is 0.217. The van der Waals surface area contributed by atoms with Crippen LogP contribution in [-0.4, -0.2) is 24.1 Å². The molecule has 27 heavy (non-hydrogen) atoms. The summed E-state index contributed by atoms with van der Waals surface area (Å²) < 4.78 is 0. The zero-order valence-electron chi connectivity index (χ0n) is 15.5. The summed E-state index contributed by atoms with van der Waals surface area (Å²) >= 11 is 1.80. The van der Waals surface area contributed by atoms with Gasteiger partial charge in [-0.2, -0.15) is 0 Å². The van der Waals surface area contributed by atoms with Gasteiger partial charge in [-0.25, -0.2) is 0 Å². The van der Waals surface area contributed by atoms with Gasteiger partial charge in [-0.3, -0.25) is 0 Å². The predicted octanol–water partition coefficient (Wildman–Crippen LogP) is 1.64. The van der Waals surface area contributed by atoms with Crippen molar-refractivity contribution in [3.05, 3.63) is 101 Å². The number of rotatable bonds is 3. The van der Waals surface area contributed by atoms with Gasteiger partial charge in [0.15, 0.2) is 0 Å². The molecule has 0 bridgehead atoms. The van der Waals surface area contributed by atoms with E-state index < -0.39 is 5.60 Å². The monoisotopic (exact) mass is 396 g/mol. The van der Waals surface area contributed by atoms with Gasteiger partial charge in [0, 0.05) is 22.8 Å². The van der Waals surface area contributed by atoms with E-state index in [1.54, 1.807) is 11.8 Å². The van der Waals surface area contributed by atoms with Crippen LogP contribution < -0.4 is 12.4 Å². The van der Waals surface area contributed by atoms with Gasteiger partial charge >= 0.3 is 0 Å². The van der Waals surface area contributed by atoms with Crippen LogP contribution in [0.4, 0.5) is 0 Å². The van der Waals surface area contributed by atoms with E-state index in [9.17, 15) is 5.11 Å². The second kappa shape index (κ2) is 8.07. The number of nitrogens with zero attached hydrogens (tertiary/aromatic N) is 1. The minimum Gasteiger partial charge on any atom is -1.00 e. The molecule has 0 fully saturated rings. The Balaban J connectivity index is 0.00000210. The molecular formula is C23H23ClNOS-. The zero-order chi connectivity index (χ0) is 18.1. The molecule has 0 spiro atoms. The first-order valence-electron chi connectivity index (χ1n) is 8.87. The molecule has 1 N–H and O–H groups in total. The molecule has 3 aromatic carbocycles. The Morgan fingerprint density at radius 1 is 0.852 bits per heavy atom. The summed E-state index contributed by atoms with van der Waals surface area (Å²) in [5, 5.41) is 12.3. The van der Waals surface area contributed by atoms with Gasteiger partial charge in [0.1, 0.15) is 5.60 Å². The number of hydrogen-bond acceptors (Lipinski definition) is 3. The van der Waals surface area contributed by atoms with Crippen LogP contribution in [0.3, 0.4) is 0 Å². The molecule has 1 unspecified atom stereocenters. The standard InChI is InChI=1S/C23H23NOS.ClH/c1-24(2)15-17-9-3-5-11-19(17)23(25)20-12-6-4-10-18(20)16-26-22-14-8-7-13-21(22)23;/h3-14,25H,15-16H2,1-2H3;1H/p-1. The lowest BCUT2D eigenvalue weighted by Gasteiger charge is -2.33. The summed E-state index contributed by atoms with van der Waals surface area (Å²) in [7, 11) is 4.12. The Morgan fingerprint density at radius 2 is 1.44 bits per heavy atom. The average Bonchev–Trinajstić information content (AvgIpc) is 2.78. The van der Waals surface area contributed by atoms with Crippen molar-refractivity contribution in [2.75, 3.05) is 14.1 Å². The number of thioether (sulfide) groups is 1. The van der Waals surface area contributed by atoms with Crippen LogP contribution in [0.25, 0.3) is 0 Å². The third-order valence-electron chi connectivity index (χ3n) is 4.96. The number of hydrogen-bond donors (Lipinski definition) is 1. The van der Waals surface area contributed by atoms with E-state index in [4.69, 9.17) is 0 Å². The Kier molecular flexibility index (Phi) is 5.97. The quantitative estimate of drug-likeness (QED) is 0.728. The molecule has 1 heterocycles. The van der Waals surface area contributed by atoms with E-state index in [1.807, 2.05) is 24.3 Å². The summed E-state index contributed by atoms with van der Waals surface area (Å²) in [4.78, 5) is 3.29. The van der Waals surface area contributed by atoms with Crippen molar-refractivity contribution < 1.29 is 17.5 Å². The van der Waals surface area contributed by atoms with Crippen molar-refractivity contribution in [2.45, 2.75) is 22.8 Å². The van der Waals surface area contributed by atoms with Crippen molar-refractivity contribution in [3.63, 3.8) is 0 Å². The molecule has 0 aromatic heterocycles. The molecule has 140 valence electrons. The van der Waals surface area contributed by atoms with E-state index in [1.165, 1.54) is 5.56 Å². The second-order valence-corrected chi connectivity index (χ2v) is 8.06. The molecular weight excluding hydrogens is 374 g/mol. The SMILES string of the molecule is CN(C)Cc1ccccc1C1(O)c2ccccc2CSc2ccccc21.[Cl-]. The first-order valence-corrected chi connectivity index (χ1v) is 9.85. The maximum atomic E-state index is 12.3. The smallest absolute Gasteiger partial charge is 0.142 e. The van der Waals surface area contributed by atoms with Crippen LogP contribution in [0.1, 0.15) is 27.8 Å². The summed E-state index contributed by atoms with van der Waals surface area (Å²) in [6.07, 6.45) is 0. The lowest BCUT2D eigenvalue weighted by Crippen LogP contribution is -3.00. The van der Waals surface area contributed by atoms with Crippen molar-refractivity contribution in [2.24, 2.45) is 0 Å². The maximum Gasteiger partial charge on any atom is 0.142 e. The molecule has 4 heteroatoms. The molecule has 1 aliphatic heterocycles. The third-order valence-corrected chi connectivity index (χ3v) is 6.08. The van der Waals surface area contributed by atoms with Crippen LogP contribution >= 0.6 is 11.8 Å². The fourth-order valence-electron chi connectivity index (χ4n) is 3.83. The fourth-order valence-corrected chi connectivity index (χ4v) is 4.94. The molecule has 0 aliphatic carbocycles. The molecule has 4 rings (SSSR count). The highest BCUT2D eigenvalue weighted by molar-refractivity contribution is 7.98. The topological polar surface area (TPSA) is 23.5 Å².